The minimum absolute atomic E-state index is 0.141. The Hall–Kier alpha value is -1.89. The van der Waals surface area contributed by atoms with E-state index in [0.29, 0.717) is 6.10 Å². The summed E-state index contributed by atoms with van der Waals surface area (Å²) in [6, 6.07) is 1.57. The molecule has 21 heavy (non-hydrogen) atoms. The number of carbonyl (C=O) groups is 1. The molecule has 1 aromatic heterocycles. The standard InChI is InChI=1S/C14H21N3O4/c1-20-12-3-6-16(7-4-12)11-9-13(18)17(15-10-11)8-5-14(19)21-2/h9-10,12H,3-8H2,1-2H3. The SMILES string of the molecule is COC(=O)CCn1ncc(N2CCC(OC)CC2)cc1=O. The first-order chi connectivity index (χ1) is 10.1. The Balaban J connectivity index is 1.99. The van der Waals surface area contributed by atoms with Gasteiger partial charge in [0.2, 0.25) is 0 Å². The number of aromatic nitrogens is 2. The average molecular weight is 295 g/mol. The van der Waals surface area contributed by atoms with Crippen LogP contribution in [0.1, 0.15) is 19.3 Å². The van der Waals surface area contributed by atoms with E-state index >= 15 is 0 Å². The topological polar surface area (TPSA) is 73.7 Å². The summed E-state index contributed by atoms with van der Waals surface area (Å²) in [5, 5.41) is 4.12. The smallest absolute Gasteiger partial charge is 0.307 e. The Bertz CT molecular complexity index is 535. The van der Waals surface area contributed by atoms with Crippen molar-refractivity contribution in [3.8, 4) is 0 Å². The largest absolute Gasteiger partial charge is 0.469 e. The summed E-state index contributed by atoms with van der Waals surface area (Å²) in [4.78, 5) is 25.2. The highest BCUT2D eigenvalue weighted by atomic mass is 16.5. The monoisotopic (exact) mass is 295 g/mol. The van der Waals surface area contributed by atoms with Gasteiger partial charge in [-0.2, -0.15) is 5.10 Å². The van der Waals surface area contributed by atoms with E-state index in [4.69, 9.17) is 4.74 Å². The van der Waals surface area contributed by atoms with Crippen LogP contribution in [0.3, 0.4) is 0 Å². The van der Waals surface area contributed by atoms with Crippen LogP contribution in [0, 0.1) is 0 Å². The number of anilines is 1. The summed E-state index contributed by atoms with van der Waals surface area (Å²) in [5.41, 5.74) is 0.620. The van der Waals surface area contributed by atoms with Gasteiger partial charge in [0.05, 0.1) is 38.1 Å². The van der Waals surface area contributed by atoms with Gasteiger partial charge in [0, 0.05) is 26.3 Å². The molecule has 2 heterocycles. The van der Waals surface area contributed by atoms with Crippen molar-refractivity contribution in [2.24, 2.45) is 0 Å². The van der Waals surface area contributed by atoms with Crippen molar-refractivity contribution < 1.29 is 14.3 Å². The summed E-state index contributed by atoms with van der Waals surface area (Å²) in [5.74, 6) is -0.352. The maximum absolute atomic E-state index is 12.0. The average Bonchev–Trinajstić information content (AvgIpc) is 2.53. The van der Waals surface area contributed by atoms with Crippen LogP contribution in [0.15, 0.2) is 17.1 Å². The minimum Gasteiger partial charge on any atom is -0.469 e. The zero-order valence-corrected chi connectivity index (χ0v) is 12.4. The van der Waals surface area contributed by atoms with Gasteiger partial charge in [-0.3, -0.25) is 9.59 Å². The van der Waals surface area contributed by atoms with Gasteiger partial charge < -0.3 is 14.4 Å². The number of piperidine rings is 1. The van der Waals surface area contributed by atoms with Crippen LogP contribution in [0.25, 0.3) is 0 Å². The highest BCUT2D eigenvalue weighted by Crippen LogP contribution is 2.18. The molecule has 1 fully saturated rings. The van der Waals surface area contributed by atoms with Gasteiger partial charge >= 0.3 is 5.97 Å². The summed E-state index contributed by atoms with van der Waals surface area (Å²) < 4.78 is 11.2. The van der Waals surface area contributed by atoms with E-state index in [2.05, 4.69) is 14.7 Å². The van der Waals surface area contributed by atoms with Crippen molar-refractivity contribution in [1.29, 1.82) is 0 Å². The minimum atomic E-state index is -0.352. The zero-order chi connectivity index (χ0) is 15.2. The second-order valence-electron chi connectivity index (χ2n) is 5.02. The molecule has 0 radical (unpaired) electrons. The van der Waals surface area contributed by atoms with E-state index in [9.17, 15) is 9.59 Å². The molecule has 116 valence electrons. The van der Waals surface area contributed by atoms with Crippen LogP contribution in [0.5, 0.6) is 0 Å². The molecule has 0 aliphatic carbocycles. The van der Waals surface area contributed by atoms with E-state index in [1.807, 2.05) is 0 Å². The van der Waals surface area contributed by atoms with Crippen molar-refractivity contribution in [2.45, 2.75) is 31.9 Å². The van der Waals surface area contributed by atoms with Crippen molar-refractivity contribution in [2.75, 3.05) is 32.2 Å². The van der Waals surface area contributed by atoms with Gasteiger partial charge in [0.25, 0.3) is 5.56 Å². The van der Waals surface area contributed by atoms with Crippen LogP contribution < -0.4 is 10.5 Å². The number of hydrogen-bond donors (Lipinski definition) is 0. The molecule has 0 N–H and O–H groups in total. The third kappa shape index (κ3) is 4.04. The van der Waals surface area contributed by atoms with Gasteiger partial charge in [-0.05, 0) is 12.8 Å². The second-order valence-corrected chi connectivity index (χ2v) is 5.02. The van der Waals surface area contributed by atoms with Crippen molar-refractivity contribution in [1.82, 2.24) is 9.78 Å². The van der Waals surface area contributed by atoms with Gasteiger partial charge in [-0.25, -0.2) is 4.68 Å². The maximum Gasteiger partial charge on any atom is 0.307 e. The van der Waals surface area contributed by atoms with Gasteiger partial charge in [0.1, 0.15) is 0 Å². The summed E-state index contributed by atoms with van der Waals surface area (Å²) in [6.07, 6.45) is 4.01. The predicted molar refractivity (Wildman–Crippen MR) is 77.4 cm³/mol. The zero-order valence-electron chi connectivity index (χ0n) is 12.4. The summed E-state index contributed by atoms with van der Waals surface area (Å²) in [6.45, 7) is 1.94. The van der Waals surface area contributed by atoms with Crippen LogP contribution in [0.4, 0.5) is 5.69 Å². The first-order valence-corrected chi connectivity index (χ1v) is 7.05. The number of aryl methyl sites for hydroxylation is 1. The van der Waals surface area contributed by atoms with Crippen molar-refractivity contribution in [3.05, 3.63) is 22.6 Å². The predicted octanol–water partition coefficient (Wildman–Crippen LogP) is 0.422. The number of nitrogens with zero attached hydrogens (tertiary/aromatic N) is 3. The van der Waals surface area contributed by atoms with Crippen molar-refractivity contribution in [3.63, 3.8) is 0 Å². The fourth-order valence-electron chi connectivity index (χ4n) is 2.41. The number of methoxy groups -OCH3 is 2. The molecule has 2 rings (SSSR count). The van der Waals surface area contributed by atoms with Crippen LogP contribution in [-0.2, 0) is 20.8 Å². The fourth-order valence-corrected chi connectivity index (χ4v) is 2.41. The molecule has 1 aromatic rings. The second kappa shape index (κ2) is 7.21. The molecule has 0 unspecified atom stereocenters. The Labute approximate surface area is 123 Å². The van der Waals surface area contributed by atoms with Gasteiger partial charge in [-0.1, -0.05) is 0 Å². The van der Waals surface area contributed by atoms with Gasteiger partial charge in [-0.15, -0.1) is 0 Å². The molecular formula is C14H21N3O4. The van der Waals surface area contributed by atoms with E-state index in [-0.39, 0.29) is 24.5 Å². The van der Waals surface area contributed by atoms with E-state index < -0.39 is 0 Å². The van der Waals surface area contributed by atoms with E-state index in [1.165, 1.54) is 11.8 Å². The lowest BCUT2D eigenvalue weighted by molar-refractivity contribution is -0.140. The normalized spacial score (nSPS) is 16.0. The van der Waals surface area contributed by atoms with Gasteiger partial charge in [0.15, 0.2) is 0 Å². The molecule has 7 heteroatoms. The third-order valence-electron chi connectivity index (χ3n) is 3.75. The molecule has 7 nitrogen and oxygen atoms in total. The number of esters is 1. The lowest BCUT2D eigenvalue weighted by Crippen LogP contribution is -2.37. The first-order valence-electron chi connectivity index (χ1n) is 7.05. The molecule has 0 bridgehead atoms. The molecule has 1 aliphatic rings. The Morgan fingerprint density at radius 1 is 1.38 bits per heavy atom. The van der Waals surface area contributed by atoms with Crippen LogP contribution in [0.2, 0.25) is 0 Å². The fraction of sp³-hybridized carbons (Fsp3) is 0.643. The lowest BCUT2D eigenvalue weighted by atomic mass is 10.1. The van der Waals surface area contributed by atoms with E-state index in [0.717, 1.165) is 31.6 Å². The Morgan fingerprint density at radius 2 is 2.10 bits per heavy atom. The molecule has 0 amide bonds. The summed E-state index contributed by atoms with van der Waals surface area (Å²) in [7, 11) is 3.05. The molecular weight excluding hydrogens is 274 g/mol. The Kier molecular flexibility index (Phi) is 5.32. The summed E-state index contributed by atoms with van der Waals surface area (Å²) >= 11 is 0. The lowest BCUT2D eigenvalue weighted by Gasteiger charge is -2.32. The highest BCUT2D eigenvalue weighted by molar-refractivity contribution is 5.68. The quantitative estimate of drug-likeness (QED) is 0.733. The molecule has 1 saturated heterocycles. The third-order valence-corrected chi connectivity index (χ3v) is 3.75. The number of hydrogen-bond acceptors (Lipinski definition) is 6. The molecule has 0 saturated carbocycles. The number of ether oxygens (including phenoxy) is 2. The molecule has 0 aromatic carbocycles. The molecule has 0 atom stereocenters. The van der Waals surface area contributed by atoms with Crippen LogP contribution >= 0.6 is 0 Å². The molecule has 1 aliphatic heterocycles. The maximum atomic E-state index is 12.0. The van der Waals surface area contributed by atoms with Crippen molar-refractivity contribution >= 4 is 11.7 Å². The van der Waals surface area contributed by atoms with Crippen LogP contribution in [-0.4, -0.2) is 49.2 Å². The number of carbonyl (C=O) groups excluding carboxylic acids is 1. The number of rotatable bonds is 5. The highest BCUT2D eigenvalue weighted by Gasteiger charge is 2.19. The first kappa shape index (κ1) is 15.5. The molecule has 0 spiro atoms. The van der Waals surface area contributed by atoms with E-state index in [1.54, 1.807) is 19.4 Å². The Morgan fingerprint density at radius 3 is 2.67 bits per heavy atom.